The number of nitrogens with one attached hydrogen (secondary N) is 3. The van der Waals surface area contributed by atoms with Crippen LogP contribution in [0.25, 0.3) is 0 Å². The van der Waals surface area contributed by atoms with Crippen molar-refractivity contribution in [3.05, 3.63) is 48.4 Å². The number of carbonyl (C=O) groups is 2. The lowest BCUT2D eigenvalue weighted by Gasteiger charge is -2.09. The summed E-state index contributed by atoms with van der Waals surface area (Å²) in [6, 6.07) is 10.8. The third-order valence-corrected chi connectivity index (χ3v) is 3.60. The highest BCUT2D eigenvalue weighted by Gasteiger charge is 2.06. The molecular formula is C19H25N3O3. The zero-order valence-electron chi connectivity index (χ0n) is 14.5. The minimum atomic E-state index is -0.155. The van der Waals surface area contributed by atoms with Gasteiger partial charge < -0.3 is 20.4 Å². The molecule has 0 atom stereocenters. The monoisotopic (exact) mass is 343 g/mol. The number of hydrogen-bond acceptors (Lipinski definition) is 4. The predicted molar refractivity (Wildman–Crippen MR) is 98.3 cm³/mol. The summed E-state index contributed by atoms with van der Waals surface area (Å²) < 4.78 is 5.19. The van der Waals surface area contributed by atoms with E-state index in [0.29, 0.717) is 24.3 Å². The standard InChI is InChI=1S/C19H25N3O3/c1-2-3-4-10-18(23)21-15-7-5-8-16(12-15)22-19(24)14-20-13-17-9-6-11-25-17/h5-9,11-12,20H,2-4,10,13-14H2,1H3,(H,21,23)(H,22,24). The Morgan fingerprint density at radius 1 is 1.00 bits per heavy atom. The second kappa shape index (κ2) is 10.3. The van der Waals surface area contributed by atoms with Crippen molar-refractivity contribution < 1.29 is 14.0 Å². The second-order valence-corrected chi connectivity index (χ2v) is 5.82. The molecular weight excluding hydrogens is 318 g/mol. The van der Waals surface area contributed by atoms with Gasteiger partial charge in [0.2, 0.25) is 11.8 Å². The first-order chi connectivity index (χ1) is 12.2. The number of benzene rings is 1. The van der Waals surface area contributed by atoms with Gasteiger partial charge in [-0.15, -0.1) is 0 Å². The molecule has 0 unspecified atom stereocenters. The number of anilines is 2. The molecule has 3 N–H and O–H groups in total. The van der Waals surface area contributed by atoms with Crippen molar-refractivity contribution >= 4 is 23.2 Å². The molecule has 0 fully saturated rings. The number of hydrogen-bond donors (Lipinski definition) is 3. The molecule has 25 heavy (non-hydrogen) atoms. The van der Waals surface area contributed by atoms with Crippen LogP contribution in [0, 0.1) is 0 Å². The molecule has 6 nitrogen and oxygen atoms in total. The Morgan fingerprint density at radius 3 is 2.44 bits per heavy atom. The van der Waals surface area contributed by atoms with Crippen molar-refractivity contribution in [2.45, 2.75) is 39.2 Å². The molecule has 6 heteroatoms. The molecule has 0 saturated heterocycles. The van der Waals surface area contributed by atoms with Crippen molar-refractivity contribution in [3.8, 4) is 0 Å². The van der Waals surface area contributed by atoms with Crippen LogP contribution < -0.4 is 16.0 Å². The molecule has 1 aromatic heterocycles. The molecule has 0 aliphatic rings. The van der Waals surface area contributed by atoms with E-state index >= 15 is 0 Å². The molecule has 1 aromatic carbocycles. The average Bonchev–Trinajstić information content (AvgIpc) is 3.09. The summed E-state index contributed by atoms with van der Waals surface area (Å²) in [6.45, 7) is 2.77. The summed E-state index contributed by atoms with van der Waals surface area (Å²) in [5.41, 5.74) is 1.33. The Kier molecular flexibility index (Phi) is 7.72. The lowest BCUT2D eigenvalue weighted by atomic mass is 10.2. The first kappa shape index (κ1) is 18.7. The van der Waals surface area contributed by atoms with Gasteiger partial charge in [-0.2, -0.15) is 0 Å². The third-order valence-electron chi connectivity index (χ3n) is 3.60. The molecule has 0 radical (unpaired) electrons. The largest absolute Gasteiger partial charge is 0.468 e. The van der Waals surface area contributed by atoms with E-state index in [-0.39, 0.29) is 18.4 Å². The van der Waals surface area contributed by atoms with Crippen LogP contribution in [0.1, 0.15) is 38.4 Å². The van der Waals surface area contributed by atoms with Gasteiger partial charge in [0, 0.05) is 17.8 Å². The number of amides is 2. The van der Waals surface area contributed by atoms with Gasteiger partial charge in [-0.1, -0.05) is 25.8 Å². The third kappa shape index (κ3) is 7.22. The van der Waals surface area contributed by atoms with E-state index in [2.05, 4.69) is 22.9 Å². The fourth-order valence-electron chi connectivity index (χ4n) is 2.35. The van der Waals surface area contributed by atoms with Gasteiger partial charge in [-0.25, -0.2) is 0 Å². The quantitative estimate of drug-likeness (QED) is 0.576. The van der Waals surface area contributed by atoms with Gasteiger partial charge in [0.15, 0.2) is 0 Å². The summed E-state index contributed by atoms with van der Waals surface area (Å²) >= 11 is 0. The lowest BCUT2D eigenvalue weighted by molar-refractivity contribution is -0.116. The predicted octanol–water partition coefficient (Wildman–Crippen LogP) is 3.53. The number of rotatable bonds is 10. The van der Waals surface area contributed by atoms with Gasteiger partial charge in [-0.3, -0.25) is 9.59 Å². The number of furan rings is 1. The van der Waals surface area contributed by atoms with Gasteiger partial charge in [-0.05, 0) is 36.8 Å². The van der Waals surface area contributed by atoms with Gasteiger partial charge >= 0.3 is 0 Å². The Bertz CT molecular complexity index is 668. The fourth-order valence-corrected chi connectivity index (χ4v) is 2.35. The van der Waals surface area contributed by atoms with Crippen LogP contribution in [0.5, 0.6) is 0 Å². The van der Waals surface area contributed by atoms with Crippen molar-refractivity contribution in [1.29, 1.82) is 0 Å². The summed E-state index contributed by atoms with van der Waals surface area (Å²) in [5, 5.41) is 8.67. The van der Waals surface area contributed by atoms with Crippen molar-refractivity contribution in [3.63, 3.8) is 0 Å². The molecule has 0 aliphatic carbocycles. The maximum atomic E-state index is 12.0. The molecule has 1 heterocycles. The number of carbonyl (C=O) groups excluding carboxylic acids is 2. The maximum absolute atomic E-state index is 12.0. The molecule has 2 rings (SSSR count). The topological polar surface area (TPSA) is 83.4 Å². The van der Waals surface area contributed by atoms with Crippen molar-refractivity contribution in [1.82, 2.24) is 5.32 Å². The van der Waals surface area contributed by atoms with E-state index in [1.807, 2.05) is 12.1 Å². The smallest absolute Gasteiger partial charge is 0.238 e. The average molecular weight is 343 g/mol. The Hall–Kier alpha value is -2.60. The fraction of sp³-hybridized carbons (Fsp3) is 0.368. The number of unbranched alkanes of at least 4 members (excludes halogenated alkanes) is 2. The molecule has 0 bridgehead atoms. The van der Waals surface area contributed by atoms with E-state index in [9.17, 15) is 9.59 Å². The zero-order chi connectivity index (χ0) is 17.9. The van der Waals surface area contributed by atoms with Gasteiger partial charge in [0.1, 0.15) is 5.76 Å². The van der Waals surface area contributed by atoms with Crippen LogP contribution in [0.4, 0.5) is 11.4 Å². The lowest BCUT2D eigenvalue weighted by Crippen LogP contribution is -2.27. The van der Waals surface area contributed by atoms with Crippen LogP contribution in [0.3, 0.4) is 0 Å². The molecule has 0 spiro atoms. The Labute approximate surface area is 148 Å². The highest BCUT2D eigenvalue weighted by Crippen LogP contribution is 2.15. The van der Waals surface area contributed by atoms with E-state index < -0.39 is 0 Å². The van der Waals surface area contributed by atoms with Crippen LogP contribution >= 0.6 is 0 Å². The van der Waals surface area contributed by atoms with Crippen molar-refractivity contribution in [2.24, 2.45) is 0 Å². The minimum Gasteiger partial charge on any atom is -0.468 e. The molecule has 2 amide bonds. The highest BCUT2D eigenvalue weighted by atomic mass is 16.3. The van der Waals surface area contributed by atoms with E-state index in [0.717, 1.165) is 25.0 Å². The van der Waals surface area contributed by atoms with E-state index in [1.165, 1.54) is 0 Å². The zero-order valence-corrected chi connectivity index (χ0v) is 14.5. The summed E-state index contributed by atoms with van der Waals surface area (Å²) in [7, 11) is 0. The van der Waals surface area contributed by atoms with Crippen LogP contribution in [0.15, 0.2) is 47.1 Å². The maximum Gasteiger partial charge on any atom is 0.238 e. The van der Waals surface area contributed by atoms with Gasteiger partial charge in [0.25, 0.3) is 0 Å². The summed E-state index contributed by atoms with van der Waals surface area (Å²) in [6.07, 6.45) is 5.14. The summed E-state index contributed by atoms with van der Waals surface area (Å²) in [5.74, 6) is 0.621. The first-order valence-corrected chi connectivity index (χ1v) is 8.60. The van der Waals surface area contributed by atoms with Crippen molar-refractivity contribution in [2.75, 3.05) is 17.2 Å². The second-order valence-electron chi connectivity index (χ2n) is 5.82. The van der Waals surface area contributed by atoms with Crippen LogP contribution in [-0.4, -0.2) is 18.4 Å². The van der Waals surface area contributed by atoms with Crippen LogP contribution in [-0.2, 0) is 16.1 Å². The molecule has 0 saturated carbocycles. The summed E-state index contributed by atoms with van der Waals surface area (Å²) in [4.78, 5) is 23.8. The van der Waals surface area contributed by atoms with Crippen LogP contribution in [0.2, 0.25) is 0 Å². The highest BCUT2D eigenvalue weighted by molar-refractivity contribution is 5.94. The SMILES string of the molecule is CCCCCC(=O)Nc1cccc(NC(=O)CNCc2ccco2)c1. The Balaban J connectivity index is 1.75. The normalized spacial score (nSPS) is 10.4. The van der Waals surface area contributed by atoms with E-state index in [1.54, 1.807) is 30.5 Å². The first-order valence-electron chi connectivity index (χ1n) is 8.60. The molecule has 134 valence electrons. The molecule has 0 aliphatic heterocycles. The van der Waals surface area contributed by atoms with E-state index in [4.69, 9.17) is 4.42 Å². The Morgan fingerprint density at radius 2 is 1.76 bits per heavy atom. The van der Waals surface area contributed by atoms with Gasteiger partial charge in [0.05, 0.1) is 19.4 Å². The minimum absolute atomic E-state index is 0.00274. The molecule has 2 aromatic rings.